The zero-order chi connectivity index (χ0) is 72.7. The number of aliphatic hydroxyl groups excluding tert-OH is 23. The molecule has 100 heavy (non-hydrogen) atoms. The van der Waals surface area contributed by atoms with E-state index in [1.54, 1.807) is 6.92 Å². The molecular formula is C62H100O38. The van der Waals surface area contributed by atoms with Gasteiger partial charge in [0.1, 0.15) is 165 Å². The Morgan fingerprint density at radius 3 is 1.21 bits per heavy atom. The average molecular weight is 1450 g/mol. The molecule has 11 fully saturated rings. The van der Waals surface area contributed by atoms with Crippen molar-refractivity contribution in [3.63, 3.8) is 0 Å². The molecule has 38 heteroatoms. The summed E-state index contributed by atoms with van der Waals surface area (Å²) in [4.78, 5) is 15.7. The Balaban J connectivity index is 0.864. The molecule has 4 saturated carbocycles. The minimum absolute atomic E-state index is 0.201. The molecule has 0 aromatic heterocycles. The maximum Gasteiger partial charge on any atom is 0.314 e. The predicted molar refractivity (Wildman–Crippen MR) is 317 cm³/mol. The van der Waals surface area contributed by atoms with Crippen LogP contribution in [-0.4, -0.2) is 390 Å². The van der Waals surface area contributed by atoms with Crippen molar-refractivity contribution < 1.29 is 189 Å². The van der Waals surface area contributed by atoms with Crippen molar-refractivity contribution in [1.29, 1.82) is 0 Å². The molecule has 0 aromatic carbocycles. The Labute approximate surface area is 571 Å². The molecular weight excluding hydrogens is 1350 g/mol. The lowest BCUT2D eigenvalue weighted by molar-refractivity contribution is -0.402. The molecule has 1 spiro atoms. The highest BCUT2D eigenvalue weighted by Gasteiger charge is 2.70. The van der Waals surface area contributed by atoms with Crippen LogP contribution in [0.4, 0.5) is 0 Å². The fourth-order valence-electron chi connectivity index (χ4n) is 17.9. The summed E-state index contributed by atoms with van der Waals surface area (Å²) in [6.45, 7) is 1.73. The van der Waals surface area contributed by atoms with Crippen LogP contribution in [-0.2, 0) is 71.1 Å². The van der Waals surface area contributed by atoms with E-state index in [4.69, 9.17) is 66.3 Å². The zero-order valence-corrected chi connectivity index (χ0v) is 54.8. The molecule has 11 aliphatic rings. The van der Waals surface area contributed by atoms with E-state index in [0.717, 1.165) is 0 Å². The molecule has 23 N–H and O–H groups in total. The number of ether oxygens (including phenoxy) is 14. The van der Waals surface area contributed by atoms with Gasteiger partial charge in [-0.2, -0.15) is 0 Å². The minimum atomic E-state index is -2.17. The molecule has 7 saturated heterocycles. The van der Waals surface area contributed by atoms with E-state index in [1.807, 2.05) is 0 Å². The SMILES string of the molecule is C=C1CC23CC[C@H]4[C@@](C)(CCC[C@@]4(C)C(=O)O[C@@H]4O[C@H](CO)[C@@H](O)[C@H](O[C@@H]5O[C@H](CO)[C@@H](O)[C@H](O)[C@H]5O[C@@H]5O[C@H](CO)[C@@H](O)[C@H](O)[C@H]5O)[C@H]4O[C@@H]4O[C@H](CO)[C@@H](O)[C@H](O)[C@H]4O)[C@@H]2CC[C@]1(O[C@@H]1O[C@H](CO)[C@@H](O[C@@H]2O[C@H](CO)[C@@H](O)[C@H](O)[C@H]2O)[C@H](O)[C@H]1O[C@@H]1O[C@H](CO)[C@@H](O)[C@H](O)[C@H]1O)C3. The van der Waals surface area contributed by atoms with Crippen LogP contribution in [0.2, 0.25) is 0 Å². The molecule has 4 aliphatic carbocycles. The summed E-state index contributed by atoms with van der Waals surface area (Å²) in [7, 11) is 0. The highest BCUT2D eigenvalue weighted by molar-refractivity contribution is 5.77. The third-order valence-electron chi connectivity index (χ3n) is 23.4. The number of hydrogen-bond donors (Lipinski definition) is 23. The third-order valence-corrected chi connectivity index (χ3v) is 23.4. The van der Waals surface area contributed by atoms with E-state index < -0.39 is 295 Å². The molecule has 0 amide bonds. The van der Waals surface area contributed by atoms with Crippen LogP contribution in [0.1, 0.15) is 71.6 Å². The maximum atomic E-state index is 15.7. The van der Waals surface area contributed by atoms with Crippen molar-refractivity contribution in [2.24, 2.45) is 28.1 Å². The second-order valence-corrected chi connectivity index (χ2v) is 29.2. The summed E-state index contributed by atoms with van der Waals surface area (Å²) in [6.07, 6.45) is -63.8. The lowest BCUT2D eigenvalue weighted by Gasteiger charge is -2.64. The number of aliphatic hydroxyl groups is 23. The molecule has 41 atom stereocenters. The number of carbonyl (C=O) groups is 1. The number of carbonyl (C=O) groups excluding carboxylic acids is 1. The average Bonchev–Trinajstić information content (AvgIpc) is 1.43. The standard InChI is InChI=1S/C62H100O38/c1-20-11-61-9-5-28-59(2,29(61)6-10-62(20,19-61)100-57-49(97-53-43(83)38(78)32(72)23(14-65)89-53)45(85)46(27(18-69)93-57)94-51-41(81)36(76)30(70)21(12-63)87-51)7-4-8-60(28,3)58(86)99-56-50(98-54-44(84)39(79)33(73)24(15-66)90-54)47(35(75)26(17-68)92-56)95-55-48(40(80)34(74)25(16-67)91-55)96-52-42(82)37(77)31(71)22(13-64)88-52/h21-57,63-85H,1,4-19H2,2-3H3/t21-,22-,23-,24-,25-,26-,27-,28+,29+,30-,31-,32-,33-,34-,35-,36+,37+,38+,39+,40+,41-,42-,43-,44-,45+,46-,47+,48-,49-,50-,51+,52+,53+,54+,55+,56+,57+,59-,60-,61?,62+/m1/s1. The van der Waals surface area contributed by atoms with Crippen LogP contribution in [0.15, 0.2) is 12.2 Å². The smallest absolute Gasteiger partial charge is 0.314 e. The summed E-state index contributed by atoms with van der Waals surface area (Å²) in [5.74, 6) is -1.62. The Kier molecular flexibility index (Phi) is 24.6. The van der Waals surface area contributed by atoms with Gasteiger partial charge in [-0.1, -0.05) is 19.9 Å². The van der Waals surface area contributed by atoms with Gasteiger partial charge in [0.25, 0.3) is 0 Å². The van der Waals surface area contributed by atoms with Crippen LogP contribution in [0.25, 0.3) is 0 Å². The normalized spacial score (nSPS) is 54.5. The maximum absolute atomic E-state index is 15.7. The quantitative estimate of drug-likeness (QED) is 0.0288. The second-order valence-electron chi connectivity index (χ2n) is 29.2. The van der Waals surface area contributed by atoms with Crippen LogP contribution in [0, 0.1) is 28.1 Å². The fourth-order valence-corrected chi connectivity index (χ4v) is 17.9. The van der Waals surface area contributed by atoms with Crippen molar-refractivity contribution in [1.82, 2.24) is 0 Å². The van der Waals surface area contributed by atoms with Gasteiger partial charge in [-0.3, -0.25) is 4.79 Å². The van der Waals surface area contributed by atoms with Gasteiger partial charge >= 0.3 is 5.97 Å². The summed E-state index contributed by atoms with van der Waals surface area (Å²) in [6, 6.07) is 0. The number of esters is 1. The molecule has 2 bridgehead atoms. The van der Waals surface area contributed by atoms with Crippen LogP contribution in [0.5, 0.6) is 0 Å². The van der Waals surface area contributed by atoms with E-state index in [9.17, 15) is 117 Å². The van der Waals surface area contributed by atoms with E-state index in [1.165, 1.54) is 0 Å². The summed E-state index contributed by atoms with van der Waals surface area (Å²) < 4.78 is 84.9. The molecule has 7 aliphatic heterocycles. The van der Waals surface area contributed by atoms with Crippen molar-refractivity contribution >= 4 is 5.97 Å². The largest absolute Gasteiger partial charge is 0.432 e. The lowest BCUT2D eigenvalue weighted by Crippen LogP contribution is -2.68. The van der Waals surface area contributed by atoms with Crippen molar-refractivity contribution in [3.05, 3.63) is 12.2 Å². The summed E-state index contributed by atoms with van der Waals surface area (Å²) in [5, 5.41) is 249. The third kappa shape index (κ3) is 14.0. The first kappa shape index (κ1) is 78.8. The predicted octanol–water partition coefficient (Wildman–Crippen LogP) is -11.6. The number of fused-ring (bicyclic) bond motifs is 3. The first-order valence-corrected chi connectivity index (χ1v) is 33.9. The molecule has 1 unspecified atom stereocenters. The Bertz CT molecular complexity index is 2720. The molecule has 0 radical (unpaired) electrons. The second kappa shape index (κ2) is 31.2. The van der Waals surface area contributed by atoms with Crippen LogP contribution < -0.4 is 0 Å². The van der Waals surface area contributed by atoms with Crippen molar-refractivity contribution in [2.45, 2.75) is 292 Å². The molecule has 11 rings (SSSR count). The van der Waals surface area contributed by atoms with Crippen LogP contribution in [0.3, 0.4) is 0 Å². The van der Waals surface area contributed by atoms with Crippen molar-refractivity contribution in [3.8, 4) is 0 Å². The molecule has 7 heterocycles. The topological polar surface area (TPSA) is 612 Å². The van der Waals surface area contributed by atoms with Gasteiger partial charge in [0.15, 0.2) is 43.8 Å². The molecule has 576 valence electrons. The van der Waals surface area contributed by atoms with E-state index >= 15 is 4.79 Å². The fraction of sp³-hybridized carbons (Fsp3) is 0.952. The zero-order valence-electron chi connectivity index (χ0n) is 54.8. The van der Waals surface area contributed by atoms with Gasteiger partial charge < -0.3 is 184 Å². The first-order valence-electron chi connectivity index (χ1n) is 33.9. The van der Waals surface area contributed by atoms with Gasteiger partial charge in [-0.25, -0.2) is 0 Å². The highest BCUT2D eigenvalue weighted by atomic mass is 16.8. The monoisotopic (exact) mass is 1450 g/mol. The Morgan fingerprint density at radius 2 is 0.750 bits per heavy atom. The molecule has 0 aromatic rings. The van der Waals surface area contributed by atoms with Gasteiger partial charge in [-0.15, -0.1) is 0 Å². The minimum Gasteiger partial charge on any atom is -0.432 e. The van der Waals surface area contributed by atoms with Gasteiger partial charge in [0.2, 0.25) is 6.29 Å². The van der Waals surface area contributed by atoms with E-state index in [-0.39, 0.29) is 25.2 Å². The lowest BCUT2D eigenvalue weighted by atomic mass is 9.41. The molecule has 38 nitrogen and oxygen atoms in total. The Morgan fingerprint density at radius 1 is 0.380 bits per heavy atom. The number of rotatable bonds is 21. The van der Waals surface area contributed by atoms with Crippen LogP contribution >= 0.6 is 0 Å². The highest BCUT2D eigenvalue weighted by Crippen LogP contribution is 2.74. The number of hydrogen-bond acceptors (Lipinski definition) is 38. The van der Waals surface area contributed by atoms with E-state index in [2.05, 4.69) is 13.5 Å². The first-order chi connectivity index (χ1) is 47.3. The van der Waals surface area contributed by atoms with Gasteiger partial charge in [-0.05, 0) is 86.5 Å². The van der Waals surface area contributed by atoms with Crippen molar-refractivity contribution in [2.75, 3.05) is 46.2 Å². The van der Waals surface area contributed by atoms with Gasteiger partial charge in [0, 0.05) is 0 Å². The Hall–Kier alpha value is -2.23. The van der Waals surface area contributed by atoms with E-state index in [0.29, 0.717) is 44.1 Å². The summed E-state index contributed by atoms with van der Waals surface area (Å²) >= 11 is 0. The summed E-state index contributed by atoms with van der Waals surface area (Å²) in [5.41, 5.74) is -3.46. The van der Waals surface area contributed by atoms with Gasteiger partial charge in [0.05, 0.1) is 57.3 Å².